The third kappa shape index (κ3) is 20.9. The summed E-state index contributed by atoms with van der Waals surface area (Å²) in [4.78, 5) is 26.1. The second-order valence-corrected chi connectivity index (χ2v) is 21.3. The lowest BCUT2D eigenvalue weighted by Crippen LogP contribution is -2.20. The van der Waals surface area contributed by atoms with Crippen LogP contribution in [0.5, 0.6) is 23.0 Å². The third-order valence-electron chi connectivity index (χ3n) is 14.6. The van der Waals surface area contributed by atoms with E-state index in [2.05, 4.69) is 37.5 Å². The van der Waals surface area contributed by atoms with Crippen LogP contribution in [0.25, 0.3) is 0 Å². The number of carboxylic acid groups (broad SMARTS) is 2. The van der Waals surface area contributed by atoms with E-state index in [1.807, 2.05) is 72.8 Å². The number of carboxylic acids is 2. The monoisotopic (exact) mass is 1120 g/mol. The van der Waals surface area contributed by atoms with Crippen LogP contribution in [0.4, 0.5) is 0 Å². The minimum atomic E-state index is -1.18. The Labute approximate surface area is 487 Å². The van der Waals surface area contributed by atoms with Gasteiger partial charge in [-0.2, -0.15) is 0 Å². The molecule has 0 aromatic heterocycles. The molecule has 82 heavy (non-hydrogen) atoms. The van der Waals surface area contributed by atoms with Gasteiger partial charge in [0.15, 0.2) is 12.6 Å². The van der Waals surface area contributed by atoms with Crippen molar-refractivity contribution in [3.63, 3.8) is 0 Å². The molecule has 0 bridgehead atoms. The highest BCUT2D eigenvalue weighted by molar-refractivity contribution is 5.93. The van der Waals surface area contributed by atoms with Gasteiger partial charge in [-0.05, 0) is 61.1 Å². The SMILES string of the molecule is CCCCCCCCCCCCOc1cc(C#Cc2cc(C(=O)O)c(OCc3ccccc3)c(C3OCCCO3)c2)c(OCCCCCCCCCCCC)cc1C#Cc1cc(C(=O)O)c(OCc2ccccc2)c(C2OCCCO2)c1. The number of ether oxygens (including phenoxy) is 8. The van der Waals surface area contributed by atoms with E-state index in [0.29, 0.717) is 97.4 Å². The van der Waals surface area contributed by atoms with E-state index in [0.717, 1.165) is 49.7 Å². The van der Waals surface area contributed by atoms with E-state index in [1.54, 1.807) is 12.1 Å². The fraction of sp³-hybridized carbons (Fsp3) is 0.486. The molecule has 2 aliphatic heterocycles. The maximum Gasteiger partial charge on any atom is 0.339 e. The van der Waals surface area contributed by atoms with Gasteiger partial charge in [0.1, 0.15) is 47.3 Å². The van der Waals surface area contributed by atoms with Crippen LogP contribution in [-0.4, -0.2) is 61.8 Å². The molecule has 2 N–H and O–H groups in total. The summed E-state index contributed by atoms with van der Waals surface area (Å²) in [7, 11) is 0. The number of hydrogen-bond acceptors (Lipinski definition) is 10. The standard InChI is InChI=1S/C70H86O12/c1-3-5-7-9-11-13-15-17-19-27-39-75-63-49-58(38-36-56-46-60(68(73)74)66(82-52-54-33-25-22-26-34-54)62(48-56)70-79-43-30-44-80-70)64(76-40-28-20-18-16-14-12-10-8-6-4-2)50-57(63)37-35-55-45-59(67(71)72)65(81-51-53-31-23-21-24-32-53)61(47-55)69-77-41-29-42-78-69/h21-26,31-34,45-50,69-70H,3-20,27-30,39-44,51-52H2,1-2H3,(H,71,72)(H,73,74). The smallest absolute Gasteiger partial charge is 0.339 e. The van der Waals surface area contributed by atoms with Gasteiger partial charge >= 0.3 is 11.9 Å². The van der Waals surface area contributed by atoms with Gasteiger partial charge in [0.05, 0.1) is 61.9 Å². The number of unbranched alkanes of at least 4 members (excludes halogenated alkanes) is 18. The van der Waals surface area contributed by atoms with Crippen molar-refractivity contribution < 1.29 is 57.7 Å². The molecule has 12 heteroatoms. The molecule has 2 fully saturated rings. The van der Waals surface area contributed by atoms with Gasteiger partial charge in [0.25, 0.3) is 0 Å². The highest BCUT2D eigenvalue weighted by Crippen LogP contribution is 2.38. The summed E-state index contributed by atoms with van der Waals surface area (Å²) in [6, 6.07) is 29.5. The van der Waals surface area contributed by atoms with E-state index in [-0.39, 0.29) is 35.8 Å². The van der Waals surface area contributed by atoms with Crippen LogP contribution in [0, 0.1) is 23.7 Å². The van der Waals surface area contributed by atoms with Crippen LogP contribution in [-0.2, 0) is 32.2 Å². The molecule has 0 atom stereocenters. The fourth-order valence-corrected chi connectivity index (χ4v) is 10.0. The zero-order chi connectivity index (χ0) is 57.4. The van der Waals surface area contributed by atoms with Crippen molar-refractivity contribution in [3.05, 3.63) is 153 Å². The Kier molecular flexibility index (Phi) is 27.5. The molecular formula is C70H86O12. The lowest BCUT2D eigenvalue weighted by Gasteiger charge is -2.26. The van der Waals surface area contributed by atoms with Crippen molar-refractivity contribution in [1.29, 1.82) is 0 Å². The summed E-state index contributed by atoms with van der Waals surface area (Å²) in [5.74, 6) is 12.2. The molecule has 5 aromatic rings. The maximum absolute atomic E-state index is 13.1. The van der Waals surface area contributed by atoms with Crippen LogP contribution < -0.4 is 18.9 Å². The van der Waals surface area contributed by atoms with Gasteiger partial charge in [0, 0.05) is 23.3 Å². The zero-order valence-electron chi connectivity index (χ0n) is 48.6. The summed E-state index contributed by atoms with van der Waals surface area (Å²) in [5, 5.41) is 21.3. The minimum absolute atomic E-state index is 0.0642. The fourth-order valence-electron chi connectivity index (χ4n) is 10.0. The first-order valence-corrected chi connectivity index (χ1v) is 30.4. The molecule has 2 heterocycles. The summed E-state index contributed by atoms with van der Waals surface area (Å²) in [5.41, 5.74) is 4.41. The van der Waals surface area contributed by atoms with E-state index in [4.69, 9.17) is 37.9 Å². The van der Waals surface area contributed by atoms with E-state index in [1.165, 1.54) is 102 Å². The molecular weight excluding hydrogens is 1030 g/mol. The van der Waals surface area contributed by atoms with E-state index >= 15 is 0 Å². The lowest BCUT2D eigenvalue weighted by molar-refractivity contribution is -0.183. The molecule has 0 radical (unpaired) electrons. The molecule has 5 aromatic carbocycles. The van der Waals surface area contributed by atoms with Gasteiger partial charge < -0.3 is 48.1 Å². The van der Waals surface area contributed by atoms with Gasteiger partial charge in [0.2, 0.25) is 0 Å². The van der Waals surface area contributed by atoms with Crippen molar-refractivity contribution in [2.24, 2.45) is 0 Å². The summed E-state index contributed by atoms with van der Waals surface area (Å²) >= 11 is 0. The number of benzene rings is 5. The van der Waals surface area contributed by atoms with Crippen molar-refractivity contribution in [2.75, 3.05) is 39.6 Å². The average molecular weight is 1120 g/mol. The Bertz CT molecular complexity index is 2650. The first kappa shape index (κ1) is 62.8. The lowest BCUT2D eigenvalue weighted by atomic mass is 10.0. The number of aromatic carboxylic acids is 2. The van der Waals surface area contributed by atoms with Crippen LogP contribution in [0.15, 0.2) is 97.1 Å². The van der Waals surface area contributed by atoms with E-state index < -0.39 is 24.5 Å². The molecule has 12 nitrogen and oxygen atoms in total. The molecule has 0 aliphatic carbocycles. The van der Waals surface area contributed by atoms with Gasteiger partial charge in [-0.3, -0.25) is 0 Å². The van der Waals surface area contributed by atoms with Crippen molar-refractivity contribution in [1.82, 2.24) is 0 Å². The number of hydrogen-bond donors (Lipinski definition) is 2. The number of rotatable bonds is 34. The van der Waals surface area contributed by atoms with Crippen LogP contribution >= 0.6 is 0 Å². The highest BCUT2D eigenvalue weighted by Gasteiger charge is 2.28. The predicted molar refractivity (Wildman–Crippen MR) is 320 cm³/mol. The zero-order valence-corrected chi connectivity index (χ0v) is 48.6. The van der Waals surface area contributed by atoms with Crippen molar-refractivity contribution >= 4 is 11.9 Å². The second kappa shape index (κ2) is 35.9. The van der Waals surface area contributed by atoms with Crippen molar-refractivity contribution in [3.8, 4) is 46.7 Å². The predicted octanol–water partition coefficient (Wildman–Crippen LogP) is 16.5. The number of carbonyl (C=O) groups is 2. The normalized spacial score (nSPS) is 13.6. The summed E-state index contributed by atoms with van der Waals surface area (Å²) in [6.45, 7) is 7.41. The topological polar surface area (TPSA) is 148 Å². The summed E-state index contributed by atoms with van der Waals surface area (Å²) < 4.78 is 50.1. The third-order valence-corrected chi connectivity index (χ3v) is 14.6. The molecule has 0 saturated carbocycles. The Morgan fingerprint density at radius 1 is 0.439 bits per heavy atom. The Morgan fingerprint density at radius 3 is 1.12 bits per heavy atom. The van der Waals surface area contributed by atoms with E-state index in [9.17, 15) is 19.8 Å². The second-order valence-electron chi connectivity index (χ2n) is 21.3. The summed E-state index contributed by atoms with van der Waals surface area (Å²) in [6.07, 6.45) is 23.3. The molecule has 438 valence electrons. The quantitative estimate of drug-likeness (QED) is 0.0298. The van der Waals surface area contributed by atoms with Gasteiger partial charge in [-0.25, -0.2) is 9.59 Å². The average Bonchev–Trinajstić information content (AvgIpc) is 3.61. The molecule has 7 rings (SSSR count). The van der Waals surface area contributed by atoms with Crippen LogP contribution in [0.2, 0.25) is 0 Å². The maximum atomic E-state index is 13.1. The van der Waals surface area contributed by atoms with Gasteiger partial charge in [-0.15, -0.1) is 0 Å². The highest BCUT2D eigenvalue weighted by atomic mass is 16.7. The Morgan fingerprint density at radius 2 is 0.780 bits per heavy atom. The molecule has 0 spiro atoms. The van der Waals surface area contributed by atoms with Crippen LogP contribution in [0.3, 0.4) is 0 Å². The first-order chi connectivity index (χ1) is 40.3. The molecule has 2 aliphatic rings. The first-order valence-electron chi connectivity index (χ1n) is 30.4. The molecule has 0 amide bonds. The largest absolute Gasteiger partial charge is 0.492 e. The Hall–Kier alpha value is -6.80. The Balaban J connectivity index is 1.25. The van der Waals surface area contributed by atoms with Crippen LogP contribution in [0.1, 0.15) is 233 Å². The van der Waals surface area contributed by atoms with Gasteiger partial charge in [-0.1, -0.05) is 214 Å². The molecule has 0 unspecified atom stereocenters. The molecule has 2 saturated heterocycles. The van der Waals surface area contributed by atoms with Crippen molar-refractivity contribution in [2.45, 2.75) is 181 Å². The minimum Gasteiger partial charge on any atom is -0.492 e.